The molecule has 3 rings (SSSR count). The second kappa shape index (κ2) is 5.77. The largest absolute Gasteiger partial charge is 0.300 e. The van der Waals surface area contributed by atoms with Gasteiger partial charge in [0.1, 0.15) is 5.01 Å². The quantitative estimate of drug-likeness (QED) is 0.869. The van der Waals surface area contributed by atoms with Crippen molar-refractivity contribution in [2.24, 2.45) is 0 Å². The summed E-state index contributed by atoms with van der Waals surface area (Å²) in [7, 11) is 0. The summed E-state index contributed by atoms with van der Waals surface area (Å²) in [5.41, 5.74) is 0. The lowest BCUT2D eigenvalue weighted by Gasteiger charge is -2.34. The molecule has 1 aliphatic heterocycles. The van der Waals surface area contributed by atoms with Gasteiger partial charge in [-0.2, -0.15) is 9.61 Å². The van der Waals surface area contributed by atoms with Gasteiger partial charge >= 0.3 is 0 Å². The number of rotatable bonds is 4. The van der Waals surface area contributed by atoms with E-state index in [2.05, 4.69) is 35.9 Å². The topological polar surface area (TPSA) is 46.3 Å². The molecule has 110 valence electrons. The van der Waals surface area contributed by atoms with E-state index in [0.717, 1.165) is 30.2 Å². The fourth-order valence-electron chi connectivity index (χ4n) is 2.89. The molecule has 0 bridgehead atoms. The van der Waals surface area contributed by atoms with E-state index in [0.29, 0.717) is 12.0 Å². The molecule has 0 saturated carbocycles. The third kappa shape index (κ3) is 2.59. The van der Waals surface area contributed by atoms with Crippen LogP contribution in [0.3, 0.4) is 0 Å². The van der Waals surface area contributed by atoms with Crippen LogP contribution >= 0.6 is 11.3 Å². The Hall–Kier alpha value is -1.01. The van der Waals surface area contributed by atoms with Crippen LogP contribution in [0.1, 0.15) is 56.8 Å². The molecule has 6 heteroatoms. The number of nitrogens with zero attached hydrogens (tertiary/aromatic N) is 5. The summed E-state index contributed by atoms with van der Waals surface area (Å²) in [5, 5.41) is 14.5. The van der Waals surface area contributed by atoms with Gasteiger partial charge in [-0.05, 0) is 39.7 Å². The van der Waals surface area contributed by atoms with Crippen molar-refractivity contribution in [1.29, 1.82) is 0 Å². The lowest BCUT2D eigenvalue weighted by molar-refractivity contribution is 0.167. The SMILES string of the molecule is CCCc1nnc2sc([C@@H]3CCCN(C(C)C)C3)nn12. The molecule has 1 fully saturated rings. The Morgan fingerprint density at radius 2 is 2.20 bits per heavy atom. The zero-order chi connectivity index (χ0) is 14.1. The summed E-state index contributed by atoms with van der Waals surface area (Å²) in [4.78, 5) is 3.51. The molecule has 5 nitrogen and oxygen atoms in total. The van der Waals surface area contributed by atoms with Crippen LogP contribution in [0.4, 0.5) is 0 Å². The van der Waals surface area contributed by atoms with Gasteiger partial charge in [-0.15, -0.1) is 10.2 Å². The average molecular weight is 293 g/mol. The Morgan fingerprint density at radius 3 is 2.95 bits per heavy atom. The van der Waals surface area contributed by atoms with Crippen LogP contribution in [0.2, 0.25) is 0 Å². The van der Waals surface area contributed by atoms with Crippen molar-refractivity contribution >= 4 is 16.3 Å². The Balaban J connectivity index is 1.82. The van der Waals surface area contributed by atoms with Gasteiger partial charge in [0.05, 0.1) is 0 Å². The molecule has 3 heterocycles. The number of likely N-dealkylation sites (tertiary alicyclic amines) is 1. The first-order valence-corrected chi connectivity index (χ1v) is 8.45. The summed E-state index contributed by atoms with van der Waals surface area (Å²) in [6.45, 7) is 9.07. The molecule has 20 heavy (non-hydrogen) atoms. The minimum atomic E-state index is 0.562. The fraction of sp³-hybridized carbons (Fsp3) is 0.786. The van der Waals surface area contributed by atoms with Crippen LogP contribution in [0.5, 0.6) is 0 Å². The van der Waals surface area contributed by atoms with E-state index in [4.69, 9.17) is 5.10 Å². The highest BCUT2D eigenvalue weighted by Gasteiger charge is 2.26. The zero-order valence-electron chi connectivity index (χ0n) is 12.5. The maximum atomic E-state index is 4.79. The van der Waals surface area contributed by atoms with Crippen LogP contribution in [0.25, 0.3) is 4.96 Å². The molecule has 0 aliphatic carbocycles. The van der Waals surface area contributed by atoms with Crippen molar-refractivity contribution in [3.63, 3.8) is 0 Å². The molecular formula is C14H23N5S. The lowest BCUT2D eigenvalue weighted by Crippen LogP contribution is -2.39. The van der Waals surface area contributed by atoms with E-state index >= 15 is 0 Å². The highest BCUT2D eigenvalue weighted by Crippen LogP contribution is 2.30. The second-order valence-electron chi connectivity index (χ2n) is 5.93. The van der Waals surface area contributed by atoms with Crippen molar-refractivity contribution in [3.8, 4) is 0 Å². The molecule has 0 aromatic carbocycles. The third-order valence-electron chi connectivity index (χ3n) is 4.08. The number of fused-ring (bicyclic) bond motifs is 1. The number of hydrogen-bond donors (Lipinski definition) is 0. The highest BCUT2D eigenvalue weighted by atomic mass is 32.1. The number of aryl methyl sites for hydroxylation is 1. The standard InChI is InChI=1S/C14H23N5S/c1-4-6-12-15-16-14-19(12)17-13(20-14)11-7-5-8-18(9-11)10(2)3/h10-11H,4-9H2,1-3H3/t11-/m1/s1. The molecule has 0 radical (unpaired) electrons. The van der Waals surface area contributed by atoms with Crippen LogP contribution in [-0.4, -0.2) is 43.8 Å². The number of piperidine rings is 1. The van der Waals surface area contributed by atoms with Crippen molar-refractivity contribution in [1.82, 2.24) is 24.7 Å². The summed E-state index contributed by atoms with van der Waals surface area (Å²) >= 11 is 1.72. The first-order valence-electron chi connectivity index (χ1n) is 7.64. The molecule has 0 spiro atoms. The molecular weight excluding hydrogens is 270 g/mol. The van der Waals surface area contributed by atoms with Gasteiger partial charge in [0.25, 0.3) is 0 Å². The van der Waals surface area contributed by atoms with Crippen LogP contribution in [-0.2, 0) is 6.42 Å². The summed E-state index contributed by atoms with van der Waals surface area (Å²) < 4.78 is 1.96. The van der Waals surface area contributed by atoms with Crippen LogP contribution < -0.4 is 0 Å². The first-order chi connectivity index (χ1) is 9.69. The van der Waals surface area contributed by atoms with Gasteiger partial charge in [-0.3, -0.25) is 0 Å². The third-order valence-corrected chi connectivity index (χ3v) is 5.14. The van der Waals surface area contributed by atoms with E-state index in [1.54, 1.807) is 11.3 Å². The minimum Gasteiger partial charge on any atom is -0.300 e. The van der Waals surface area contributed by atoms with Gasteiger partial charge in [0.2, 0.25) is 4.96 Å². The lowest BCUT2D eigenvalue weighted by atomic mass is 9.98. The maximum Gasteiger partial charge on any atom is 0.234 e. The monoisotopic (exact) mass is 293 g/mol. The Bertz CT molecular complexity index is 573. The molecule has 0 amide bonds. The molecule has 0 unspecified atom stereocenters. The smallest absolute Gasteiger partial charge is 0.234 e. The van der Waals surface area contributed by atoms with Gasteiger partial charge in [0.15, 0.2) is 5.82 Å². The summed E-state index contributed by atoms with van der Waals surface area (Å²) in [6, 6.07) is 0.624. The second-order valence-corrected chi connectivity index (χ2v) is 6.92. The zero-order valence-corrected chi connectivity index (χ0v) is 13.4. The average Bonchev–Trinajstić information content (AvgIpc) is 3.01. The van der Waals surface area contributed by atoms with Gasteiger partial charge in [-0.1, -0.05) is 18.3 Å². The molecule has 1 atom stereocenters. The molecule has 1 saturated heterocycles. The van der Waals surface area contributed by atoms with Gasteiger partial charge in [-0.25, -0.2) is 0 Å². The van der Waals surface area contributed by atoms with Crippen molar-refractivity contribution in [2.75, 3.05) is 13.1 Å². The minimum absolute atomic E-state index is 0.562. The van der Waals surface area contributed by atoms with E-state index in [-0.39, 0.29) is 0 Å². The molecule has 2 aromatic rings. The fourth-order valence-corrected chi connectivity index (χ4v) is 3.88. The predicted molar refractivity (Wildman–Crippen MR) is 81.3 cm³/mol. The van der Waals surface area contributed by atoms with Gasteiger partial charge in [0, 0.05) is 24.9 Å². The summed E-state index contributed by atoms with van der Waals surface area (Å²) in [5.74, 6) is 1.56. The summed E-state index contributed by atoms with van der Waals surface area (Å²) in [6.07, 6.45) is 4.55. The van der Waals surface area contributed by atoms with E-state index in [9.17, 15) is 0 Å². The molecule has 1 aliphatic rings. The van der Waals surface area contributed by atoms with Crippen molar-refractivity contribution < 1.29 is 0 Å². The maximum absolute atomic E-state index is 4.79. The predicted octanol–water partition coefficient (Wildman–Crippen LogP) is 2.73. The highest BCUT2D eigenvalue weighted by molar-refractivity contribution is 7.16. The molecule has 0 N–H and O–H groups in total. The van der Waals surface area contributed by atoms with Crippen LogP contribution in [0.15, 0.2) is 0 Å². The van der Waals surface area contributed by atoms with E-state index in [1.165, 1.54) is 24.4 Å². The number of aromatic nitrogens is 4. The normalized spacial score (nSPS) is 21.1. The first kappa shape index (κ1) is 13.9. The van der Waals surface area contributed by atoms with E-state index in [1.807, 2.05) is 4.52 Å². The Kier molecular flexibility index (Phi) is 4.03. The van der Waals surface area contributed by atoms with E-state index < -0.39 is 0 Å². The van der Waals surface area contributed by atoms with Crippen molar-refractivity contribution in [2.45, 2.75) is 58.4 Å². The number of hydrogen-bond acceptors (Lipinski definition) is 5. The van der Waals surface area contributed by atoms with Crippen LogP contribution in [0, 0.1) is 0 Å². The Morgan fingerprint density at radius 1 is 1.35 bits per heavy atom. The van der Waals surface area contributed by atoms with Crippen molar-refractivity contribution in [3.05, 3.63) is 10.8 Å². The van der Waals surface area contributed by atoms with Gasteiger partial charge < -0.3 is 4.90 Å². The Labute approximate surface area is 124 Å². The molecule has 2 aromatic heterocycles.